The fourth-order valence-corrected chi connectivity index (χ4v) is 1.55. The molecule has 1 rings (SSSR count). The molecule has 3 nitrogen and oxygen atoms in total. The Bertz CT molecular complexity index is 380. The normalized spacial score (nSPS) is 10.3. The summed E-state index contributed by atoms with van der Waals surface area (Å²) in [5, 5.41) is 5.77. The molecule has 0 aliphatic rings. The number of rotatable bonds is 6. The van der Waals surface area contributed by atoms with Crippen LogP contribution in [0.3, 0.4) is 0 Å². The SMILES string of the molecule is CCNC(=O)CCNCc1cc(C)ccc1F. The molecule has 2 N–H and O–H groups in total. The average Bonchev–Trinajstić information content (AvgIpc) is 2.29. The Morgan fingerprint density at radius 1 is 1.41 bits per heavy atom. The van der Waals surface area contributed by atoms with E-state index in [0.29, 0.717) is 31.6 Å². The van der Waals surface area contributed by atoms with Crippen LogP contribution < -0.4 is 10.6 Å². The number of halogens is 1. The van der Waals surface area contributed by atoms with E-state index in [4.69, 9.17) is 0 Å². The van der Waals surface area contributed by atoms with E-state index in [1.807, 2.05) is 19.9 Å². The second kappa shape index (κ2) is 7.01. The Balaban J connectivity index is 2.31. The number of carbonyl (C=O) groups is 1. The van der Waals surface area contributed by atoms with Gasteiger partial charge in [0, 0.05) is 31.6 Å². The first kappa shape index (κ1) is 13.6. The summed E-state index contributed by atoms with van der Waals surface area (Å²) >= 11 is 0. The lowest BCUT2D eigenvalue weighted by molar-refractivity contribution is -0.120. The molecule has 0 saturated heterocycles. The van der Waals surface area contributed by atoms with Gasteiger partial charge in [0.25, 0.3) is 0 Å². The molecule has 0 atom stereocenters. The smallest absolute Gasteiger partial charge is 0.221 e. The summed E-state index contributed by atoms with van der Waals surface area (Å²) in [7, 11) is 0. The lowest BCUT2D eigenvalue weighted by atomic mass is 10.1. The minimum Gasteiger partial charge on any atom is -0.356 e. The Kier molecular flexibility index (Phi) is 5.63. The van der Waals surface area contributed by atoms with Gasteiger partial charge in [-0.15, -0.1) is 0 Å². The van der Waals surface area contributed by atoms with Gasteiger partial charge in [0.15, 0.2) is 0 Å². The van der Waals surface area contributed by atoms with Gasteiger partial charge in [-0.05, 0) is 19.9 Å². The van der Waals surface area contributed by atoms with Crippen molar-refractivity contribution in [2.75, 3.05) is 13.1 Å². The monoisotopic (exact) mass is 238 g/mol. The highest BCUT2D eigenvalue weighted by molar-refractivity contribution is 5.75. The Hall–Kier alpha value is -1.42. The van der Waals surface area contributed by atoms with E-state index >= 15 is 0 Å². The third-order valence-corrected chi connectivity index (χ3v) is 2.42. The van der Waals surface area contributed by atoms with E-state index in [2.05, 4.69) is 10.6 Å². The van der Waals surface area contributed by atoms with Gasteiger partial charge in [-0.25, -0.2) is 4.39 Å². The summed E-state index contributed by atoms with van der Waals surface area (Å²) in [6.07, 6.45) is 0.418. The van der Waals surface area contributed by atoms with Crippen LogP contribution in [0.2, 0.25) is 0 Å². The van der Waals surface area contributed by atoms with Gasteiger partial charge < -0.3 is 10.6 Å². The maximum Gasteiger partial charge on any atom is 0.221 e. The van der Waals surface area contributed by atoms with Crippen LogP contribution in [0, 0.1) is 12.7 Å². The van der Waals surface area contributed by atoms with Gasteiger partial charge in [-0.3, -0.25) is 4.79 Å². The summed E-state index contributed by atoms with van der Waals surface area (Å²) in [4.78, 5) is 11.2. The van der Waals surface area contributed by atoms with Crippen molar-refractivity contribution in [3.8, 4) is 0 Å². The Morgan fingerprint density at radius 2 is 2.18 bits per heavy atom. The molecule has 1 amide bonds. The third-order valence-electron chi connectivity index (χ3n) is 2.42. The van der Waals surface area contributed by atoms with Crippen molar-refractivity contribution in [2.24, 2.45) is 0 Å². The molecule has 0 aliphatic heterocycles. The summed E-state index contributed by atoms with van der Waals surface area (Å²) in [6, 6.07) is 5.03. The molecular formula is C13H19FN2O. The third kappa shape index (κ3) is 4.95. The second-order valence-corrected chi connectivity index (χ2v) is 3.98. The number of carbonyl (C=O) groups excluding carboxylic acids is 1. The van der Waals surface area contributed by atoms with Crippen LogP contribution in [0.1, 0.15) is 24.5 Å². The summed E-state index contributed by atoms with van der Waals surface area (Å²) in [6.45, 7) is 5.46. The predicted molar refractivity (Wildman–Crippen MR) is 66.1 cm³/mol. The van der Waals surface area contributed by atoms with Crippen LogP contribution in [0.5, 0.6) is 0 Å². The molecule has 0 unspecified atom stereocenters. The molecular weight excluding hydrogens is 219 g/mol. The zero-order valence-electron chi connectivity index (χ0n) is 10.3. The highest BCUT2D eigenvalue weighted by Gasteiger charge is 2.02. The Labute approximate surface area is 101 Å². The lowest BCUT2D eigenvalue weighted by Crippen LogP contribution is -2.27. The molecule has 17 heavy (non-hydrogen) atoms. The number of benzene rings is 1. The van der Waals surface area contributed by atoms with Crippen LogP contribution in [0.15, 0.2) is 18.2 Å². The number of nitrogens with one attached hydrogen (secondary N) is 2. The van der Waals surface area contributed by atoms with E-state index in [1.165, 1.54) is 6.07 Å². The van der Waals surface area contributed by atoms with Crippen LogP contribution >= 0.6 is 0 Å². The standard InChI is InChI=1S/C13H19FN2O/c1-3-16-13(17)6-7-15-9-11-8-10(2)4-5-12(11)14/h4-5,8,15H,3,6-7,9H2,1-2H3,(H,16,17). The van der Waals surface area contributed by atoms with E-state index < -0.39 is 0 Å². The fourth-order valence-electron chi connectivity index (χ4n) is 1.55. The molecule has 0 radical (unpaired) electrons. The lowest BCUT2D eigenvalue weighted by Gasteiger charge is -2.07. The summed E-state index contributed by atoms with van der Waals surface area (Å²) < 4.78 is 13.4. The molecule has 0 heterocycles. The molecule has 0 saturated carbocycles. The van der Waals surface area contributed by atoms with Crippen LogP contribution in [-0.2, 0) is 11.3 Å². The second-order valence-electron chi connectivity index (χ2n) is 3.98. The number of hydrogen-bond donors (Lipinski definition) is 2. The fraction of sp³-hybridized carbons (Fsp3) is 0.462. The predicted octanol–water partition coefficient (Wildman–Crippen LogP) is 1.75. The van der Waals surface area contributed by atoms with Crippen LogP contribution in [-0.4, -0.2) is 19.0 Å². The molecule has 0 aliphatic carbocycles. The molecule has 0 bridgehead atoms. The van der Waals surface area contributed by atoms with Crippen LogP contribution in [0.4, 0.5) is 4.39 Å². The number of hydrogen-bond acceptors (Lipinski definition) is 2. The quantitative estimate of drug-likeness (QED) is 0.741. The van der Waals surface area contributed by atoms with Crippen molar-refractivity contribution >= 4 is 5.91 Å². The summed E-state index contributed by atoms with van der Waals surface area (Å²) in [5.74, 6) is -0.189. The molecule has 0 spiro atoms. The first-order valence-corrected chi connectivity index (χ1v) is 5.86. The van der Waals surface area contributed by atoms with E-state index in [-0.39, 0.29) is 11.7 Å². The van der Waals surface area contributed by atoms with E-state index in [0.717, 1.165) is 5.56 Å². The first-order chi connectivity index (χ1) is 8.13. The minimum atomic E-state index is -0.207. The highest BCUT2D eigenvalue weighted by Crippen LogP contribution is 2.09. The number of amides is 1. The maximum absolute atomic E-state index is 13.4. The van der Waals surface area contributed by atoms with Crippen molar-refractivity contribution in [3.05, 3.63) is 35.1 Å². The van der Waals surface area contributed by atoms with Gasteiger partial charge in [0.1, 0.15) is 5.82 Å². The minimum absolute atomic E-state index is 0.0183. The van der Waals surface area contributed by atoms with Gasteiger partial charge in [-0.2, -0.15) is 0 Å². The molecule has 1 aromatic rings. The van der Waals surface area contributed by atoms with Crippen molar-refractivity contribution in [3.63, 3.8) is 0 Å². The largest absolute Gasteiger partial charge is 0.356 e. The zero-order chi connectivity index (χ0) is 12.7. The summed E-state index contributed by atoms with van der Waals surface area (Å²) in [5.41, 5.74) is 1.67. The molecule has 0 aromatic heterocycles. The van der Waals surface area contributed by atoms with Gasteiger partial charge in [0.2, 0.25) is 5.91 Å². The topological polar surface area (TPSA) is 41.1 Å². The van der Waals surface area contributed by atoms with Crippen molar-refractivity contribution in [2.45, 2.75) is 26.8 Å². The van der Waals surface area contributed by atoms with Crippen molar-refractivity contribution in [1.82, 2.24) is 10.6 Å². The molecule has 4 heteroatoms. The van der Waals surface area contributed by atoms with E-state index in [1.54, 1.807) is 6.07 Å². The maximum atomic E-state index is 13.4. The number of aryl methyl sites for hydroxylation is 1. The molecule has 94 valence electrons. The van der Waals surface area contributed by atoms with Gasteiger partial charge >= 0.3 is 0 Å². The Morgan fingerprint density at radius 3 is 2.88 bits per heavy atom. The van der Waals surface area contributed by atoms with E-state index in [9.17, 15) is 9.18 Å². The average molecular weight is 238 g/mol. The van der Waals surface area contributed by atoms with Crippen LogP contribution in [0.25, 0.3) is 0 Å². The molecule has 1 aromatic carbocycles. The first-order valence-electron chi connectivity index (χ1n) is 5.86. The van der Waals surface area contributed by atoms with Crippen molar-refractivity contribution < 1.29 is 9.18 Å². The highest BCUT2D eigenvalue weighted by atomic mass is 19.1. The van der Waals surface area contributed by atoms with Crippen molar-refractivity contribution in [1.29, 1.82) is 0 Å². The van der Waals surface area contributed by atoms with Gasteiger partial charge in [0.05, 0.1) is 0 Å². The zero-order valence-corrected chi connectivity index (χ0v) is 10.3. The molecule has 0 fully saturated rings. The van der Waals surface area contributed by atoms with Gasteiger partial charge in [-0.1, -0.05) is 17.7 Å².